The van der Waals surface area contributed by atoms with E-state index in [1.54, 1.807) is 0 Å². The van der Waals surface area contributed by atoms with E-state index in [-0.39, 0.29) is 0 Å². The fourth-order valence-electron chi connectivity index (χ4n) is 2.46. The Balaban J connectivity index is 2.07. The average molecular weight is 343 g/mol. The summed E-state index contributed by atoms with van der Waals surface area (Å²) in [4.78, 5) is 0.292. The lowest BCUT2D eigenvalue weighted by Gasteiger charge is -2.17. The third-order valence-electron chi connectivity index (χ3n) is 3.42. The van der Waals surface area contributed by atoms with Crippen LogP contribution in [0.15, 0.2) is 18.2 Å². The molecule has 3 nitrogen and oxygen atoms in total. The molecule has 1 heterocycles. The van der Waals surface area contributed by atoms with Crippen molar-refractivity contribution in [2.45, 2.75) is 44.0 Å². The van der Waals surface area contributed by atoms with Gasteiger partial charge in [-0.25, -0.2) is 0 Å². The van der Waals surface area contributed by atoms with Gasteiger partial charge in [-0.15, -0.1) is 0 Å². The Morgan fingerprint density at radius 1 is 1.25 bits per heavy atom. The predicted molar refractivity (Wildman–Crippen MR) is 84.0 cm³/mol. The fraction of sp³-hybridized carbons (Fsp3) is 0.625. The van der Waals surface area contributed by atoms with Gasteiger partial charge in [0.1, 0.15) is 0 Å². The Hall–Kier alpha value is -0.740. The van der Waals surface area contributed by atoms with Gasteiger partial charge in [0.25, 0.3) is 0 Å². The van der Waals surface area contributed by atoms with Gasteiger partial charge in [0, 0.05) is 11.4 Å². The maximum atomic E-state index is 5.70. The summed E-state index contributed by atoms with van der Waals surface area (Å²) in [6.07, 6.45) is 3.72. The lowest BCUT2D eigenvalue weighted by molar-refractivity contribution is 0.104. The maximum absolute atomic E-state index is 5.70. The Morgan fingerprint density at radius 2 is 2.00 bits per heavy atom. The van der Waals surface area contributed by atoms with E-state index in [0.29, 0.717) is 24.1 Å². The van der Waals surface area contributed by atoms with Crippen LogP contribution in [-0.4, -0.2) is 25.9 Å². The van der Waals surface area contributed by atoms with Gasteiger partial charge in [-0.3, -0.25) is 0 Å². The minimum absolute atomic E-state index is 0.292. The molecule has 0 amide bonds. The fourth-order valence-corrected chi connectivity index (χ4v) is 3.16. The lowest BCUT2D eigenvalue weighted by Crippen LogP contribution is -2.08. The van der Waals surface area contributed by atoms with Crippen LogP contribution in [0.25, 0.3) is 0 Å². The molecule has 2 unspecified atom stereocenters. The Labute approximate surface area is 129 Å². The molecule has 1 aromatic rings. The Bertz CT molecular complexity index is 416. The number of ether oxygens (including phenoxy) is 3. The molecule has 2 atom stereocenters. The monoisotopic (exact) mass is 342 g/mol. The van der Waals surface area contributed by atoms with Crippen molar-refractivity contribution in [1.82, 2.24) is 0 Å². The zero-order valence-corrected chi connectivity index (χ0v) is 13.8. The van der Waals surface area contributed by atoms with Gasteiger partial charge in [0.05, 0.1) is 19.3 Å². The third kappa shape index (κ3) is 4.13. The number of halogens is 1. The molecule has 112 valence electrons. The SMILES string of the molecule is CCOc1ccc(C(Br)CC2CCCO2)cc1OCC. The molecule has 20 heavy (non-hydrogen) atoms. The van der Waals surface area contributed by atoms with Crippen molar-refractivity contribution in [1.29, 1.82) is 0 Å². The molecule has 1 aromatic carbocycles. The number of benzene rings is 1. The van der Waals surface area contributed by atoms with E-state index < -0.39 is 0 Å². The molecular weight excluding hydrogens is 320 g/mol. The van der Waals surface area contributed by atoms with Crippen LogP contribution < -0.4 is 9.47 Å². The van der Waals surface area contributed by atoms with Crippen LogP contribution in [0.4, 0.5) is 0 Å². The second kappa shape index (κ2) is 7.89. The van der Waals surface area contributed by atoms with Crippen molar-refractivity contribution in [3.8, 4) is 11.5 Å². The molecular formula is C16H23BrO3. The van der Waals surface area contributed by atoms with Crippen molar-refractivity contribution >= 4 is 15.9 Å². The second-order valence-electron chi connectivity index (χ2n) is 4.91. The Kier molecular flexibility index (Phi) is 6.17. The molecule has 4 heteroatoms. The first-order valence-electron chi connectivity index (χ1n) is 7.39. The van der Waals surface area contributed by atoms with E-state index in [9.17, 15) is 0 Å². The summed E-state index contributed by atoms with van der Waals surface area (Å²) in [5, 5.41) is 0. The highest BCUT2D eigenvalue weighted by atomic mass is 79.9. The van der Waals surface area contributed by atoms with Crippen LogP contribution in [0.2, 0.25) is 0 Å². The highest BCUT2D eigenvalue weighted by Crippen LogP contribution is 2.37. The second-order valence-corrected chi connectivity index (χ2v) is 6.02. The molecule has 1 aliphatic rings. The van der Waals surface area contributed by atoms with Crippen LogP contribution in [0.1, 0.15) is 43.5 Å². The number of hydrogen-bond acceptors (Lipinski definition) is 3. The van der Waals surface area contributed by atoms with Crippen LogP contribution in [-0.2, 0) is 4.74 Å². The molecule has 0 spiro atoms. The van der Waals surface area contributed by atoms with Crippen LogP contribution >= 0.6 is 15.9 Å². The van der Waals surface area contributed by atoms with Crippen molar-refractivity contribution in [2.24, 2.45) is 0 Å². The summed E-state index contributed by atoms with van der Waals surface area (Å²) in [6.45, 7) is 6.15. The van der Waals surface area contributed by atoms with Crippen molar-refractivity contribution in [2.75, 3.05) is 19.8 Å². The standard InChI is InChI=1S/C16H23BrO3/c1-3-18-15-8-7-12(10-16(15)19-4-2)14(17)11-13-6-5-9-20-13/h7-8,10,13-14H,3-6,9,11H2,1-2H3. The number of hydrogen-bond donors (Lipinski definition) is 0. The van der Waals surface area contributed by atoms with Gasteiger partial charge in [-0.2, -0.15) is 0 Å². The van der Waals surface area contributed by atoms with Crippen molar-refractivity contribution in [3.05, 3.63) is 23.8 Å². The molecule has 0 radical (unpaired) electrons. The van der Waals surface area contributed by atoms with Gasteiger partial charge in [-0.05, 0) is 50.8 Å². The van der Waals surface area contributed by atoms with E-state index in [1.165, 1.54) is 12.0 Å². The molecule has 1 saturated heterocycles. The molecule has 2 rings (SSSR count). The van der Waals surface area contributed by atoms with Gasteiger partial charge in [-0.1, -0.05) is 22.0 Å². The first-order chi connectivity index (χ1) is 9.74. The maximum Gasteiger partial charge on any atom is 0.161 e. The van der Waals surface area contributed by atoms with E-state index in [4.69, 9.17) is 14.2 Å². The summed E-state index contributed by atoms with van der Waals surface area (Å²) in [7, 11) is 0. The van der Waals surface area contributed by atoms with Gasteiger partial charge in [0.2, 0.25) is 0 Å². The topological polar surface area (TPSA) is 27.7 Å². The van der Waals surface area contributed by atoms with Gasteiger partial charge >= 0.3 is 0 Å². The van der Waals surface area contributed by atoms with Gasteiger partial charge < -0.3 is 14.2 Å². The quantitative estimate of drug-likeness (QED) is 0.683. The molecule has 1 fully saturated rings. The molecule has 1 aliphatic heterocycles. The summed E-state index contributed by atoms with van der Waals surface area (Å²) in [6, 6.07) is 6.17. The van der Waals surface area contributed by atoms with Crippen molar-refractivity contribution < 1.29 is 14.2 Å². The van der Waals surface area contributed by atoms with Gasteiger partial charge in [0.15, 0.2) is 11.5 Å². The summed E-state index contributed by atoms with van der Waals surface area (Å²) >= 11 is 3.77. The number of rotatable bonds is 7. The predicted octanol–water partition coefficient (Wildman–Crippen LogP) is 4.49. The first-order valence-corrected chi connectivity index (χ1v) is 8.31. The van der Waals surface area contributed by atoms with Crippen LogP contribution in [0.5, 0.6) is 11.5 Å². The summed E-state index contributed by atoms with van der Waals surface area (Å²) < 4.78 is 17.0. The highest BCUT2D eigenvalue weighted by molar-refractivity contribution is 9.09. The van der Waals surface area contributed by atoms with E-state index in [1.807, 2.05) is 19.9 Å². The minimum Gasteiger partial charge on any atom is -0.490 e. The van der Waals surface area contributed by atoms with E-state index >= 15 is 0 Å². The molecule has 0 bridgehead atoms. The lowest BCUT2D eigenvalue weighted by atomic mass is 10.0. The minimum atomic E-state index is 0.292. The van der Waals surface area contributed by atoms with Crippen LogP contribution in [0.3, 0.4) is 0 Å². The molecule has 0 aromatic heterocycles. The first kappa shape index (κ1) is 15.6. The van der Waals surface area contributed by atoms with E-state index in [0.717, 1.165) is 30.9 Å². The summed E-state index contributed by atoms with van der Waals surface area (Å²) in [5.41, 5.74) is 1.22. The molecule has 0 aliphatic carbocycles. The zero-order chi connectivity index (χ0) is 14.4. The third-order valence-corrected chi connectivity index (χ3v) is 4.33. The van der Waals surface area contributed by atoms with E-state index in [2.05, 4.69) is 28.1 Å². The van der Waals surface area contributed by atoms with Crippen LogP contribution in [0, 0.1) is 0 Å². The van der Waals surface area contributed by atoms with Crippen molar-refractivity contribution in [3.63, 3.8) is 0 Å². The molecule has 0 saturated carbocycles. The number of alkyl halides is 1. The Morgan fingerprint density at radius 3 is 2.65 bits per heavy atom. The molecule has 0 N–H and O–H groups in total. The smallest absolute Gasteiger partial charge is 0.161 e. The average Bonchev–Trinajstić information content (AvgIpc) is 2.94. The zero-order valence-electron chi connectivity index (χ0n) is 12.2. The largest absolute Gasteiger partial charge is 0.490 e. The normalized spacial score (nSPS) is 19.9. The highest BCUT2D eigenvalue weighted by Gasteiger charge is 2.21. The summed E-state index contributed by atoms with van der Waals surface area (Å²) in [5.74, 6) is 1.64.